The normalized spacial score (nSPS) is 9.33. The van der Waals surface area contributed by atoms with Crippen LogP contribution in [0.4, 0.5) is 0 Å². The fraction of sp³-hybridized carbons (Fsp3) is 1.00. The van der Waals surface area contributed by atoms with Crippen LogP contribution >= 0.6 is 0 Å². The van der Waals surface area contributed by atoms with Crippen molar-refractivity contribution in [2.45, 2.75) is 26.2 Å². The van der Waals surface area contributed by atoms with Crippen LogP contribution in [-0.2, 0) is 10.4 Å². The zero-order chi connectivity index (χ0) is 9.33. The first-order valence-electron chi connectivity index (χ1n) is 3.22. The molecule has 0 bridgehead atoms. The standard InChI is InChI=1S/C5H12O.K.H2O4S.H/c1-2-3-4-5-6;;1-5(2,3)4;/h6H,2-5H2,1H3;;(H2,1,2,3,4);. The molecular formula is C5H15KO5S. The monoisotopic (exact) mass is 226 g/mol. The van der Waals surface area contributed by atoms with E-state index in [1.807, 2.05) is 0 Å². The van der Waals surface area contributed by atoms with Crippen LogP contribution in [-0.4, -0.2) is 80.6 Å². The molecule has 0 spiro atoms. The molecule has 0 saturated carbocycles. The maximum absolute atomic E-state index is 8.74. The Balaban J connectivity index is -0.000000126. The van der Waals surface area contributed by atoms with Gasteiger partial charge in [0.1, 0.15) is 0 Å². The molecule has 0 aromatic rings. The van der Waals surface area contributed by atoms with Crippen molar-refractivity contribution in [3.63, 3.8) is 0 Å². The Labute approximate surface area is 116 Å². The first-order chi connectivity index (χ1) is 4.91. The SMILES string of the molecule is CCCCCO.O=S(=O)(O)O.[KH]. The summed E-state index contributed by atoms with van der Waals surface area (Å²) in [5, 5.41) is 8.20. The van der Waals surface area contributed by atoms with E-state index in [1.165, 1.54) is 6.42 Å². The topological polar surface area (TPSA) is 94.8 Å². The minimum absolute atomic E-state index is 0. The van der Waals surface area contributed by atoms with E-state index >= 15 is 0 Å². The average Bonchev–Trinajstić information content (AvgIpc) is 1.79. The molecule has 0 saturated heterocycles. The summed E-state index contributed by atoms with van der Waals surface area (Å²) in [6.07, 6.45) is 3.33. The molecule has 0 heterocycles. The summed E-state index contributed by atoms with van der Waals surface area (Å²) in [4.78, 5) is 0. The van der Waals surface area contributed by atoms with Gasteiger partial charge >= 0.3 is 61.8 Å². The number of aliphatic hydroxyl groups is 1. The van der Waals surface area contributed by atoms with Gasteiger partial charge in [-0.05, 0) is 6.42 Å². The van der Waals surface area contributed by atoms with Crippen molar-refractivity contribution in [2.75, 3.05) is 6.61 Å². The summed E-state index contributed by atoms with van der Waals surface area (Å²) < 4.78 is 31.6. The van der Waals surface area contributed by atoms with Crippen LogP contribution in [0.3, 0.4) is 0 Å². The average molecular weight is 226 g/mol. The van der Waals surface area contributed by atoms with Gasteiger partial charge in [-0.25, -0.2) is 0 Å². The van der Waals surface area contributed by atoms with Crippen LogP contribution in [0.15, 0.2) is 0 Å². The van der Waals surface area contributed by atoms with Crippen molar-refractivity contribution in [1.29, 1.82) is 0 Å². The molecule has 0 fully saturated rings. The van der Waals surface area contributed by atoms with Gasteiger partial charge in [0.25, 0.3) is 0 Å². The molecule has 0 aliphatic heterocycles. The third kappa shape index (κ3) is 63.0. The summed E-state index contributed by atoms with van der Waals surface area (Å²) in [5.74, 6) is 0. The fourth-order valence-corrected chi connectivity index (χ4v) is 0.362. The van der Waals surface area contributed by atoms with Gasteiger partial charge in [0.2, 0.25) is 0 Å². The summed E-state index contributed by atoms with van der Waals surface area (Å²) >= 11 is 0. The summed E-state index contributed by atoms with van der Waals surface area (Å²) in [7, 11) is -4.67. The van der Waals surface area contributed by atoms with Gasteiger partial charge in [0, 0.05) is 6.61 Å². The molecular weight excluding hydrogens is 211 g/mol. The number of unbranched alkanes of at least 4 members (excludes halogenated alkanes) is 2. The quantitative estimate of drug-likeness (QED) is 0.354. The molecule has 0 rings (SSSR count). The summed E-state index contributed by atoms with van der Waals surface area (Å²) in [5.41, 5.74) is 0. The van der Waals surface area contributed by atoms with E-state index in [2.05, 4.69) is 6.92 Å². The Morgan fingerprint density at radius 3 is 1.58 bits per heavy atom. The van der Waals surface area contributed by atoms with E-state index in [9.17, 15) is 0 Å². The Bertz CT molecular complexity index is 143. The molecule has 0 aromatic carbocycles. The molecule has 0 aliphatic rings. The third-order valence-corrected chi connectivity index (χ3v) is 0.762. The van der Waals surface area contributed by atoms with Gasteiger partial charge < -0.3 is 5.11 Å². The van der Waals surface area contributed by atoms with E-state index in [1.54, 1.807) is 0 Å². The van der Waals surface area contributed by atoms with Crippen LogP contribution in [0.1, 0.15) is 26.2 Å². The second kappa shape index (κ2) is 12.5. The molecule has 0 aliphatic carbocycles. The summed E-state index contributed by atoms with van der Waals surface area (Å²) in [6.45, 7) is 2.48. The molecule has 7 heteroatoms. The van der Waals surface area contributed by atoms with Crippen molar-refractivity contribution in [1.82, 2.24) is 0 Å². The van der Waals surface area contributed by atoms with Gasteiger partial charge in [0.15, 0.2) is 0 Å². The second-order valence-electron chi connectivity index (χ2n) is 1.88. The van der Waals surface area contributed by atoms with Gasteiger partial charge in [-0.2, -0.15) is 8.42 Å². The van der Waals surface area contributed by atoms with Gasteiger partial charge in [-0.1, -0.05) is 19.8 Å². The van der Waals surface area contributed by atoms with Crippen molar-refractivity contribution in [3.8, 4) is 0 Å². The van der Waals surface area contributed by atoms with E-state index in [0.717, 1.165) is 12.8 Å². The van der Waals surface area contributed by atoms with Gasteiger partial charge in [-0.3, -0.25) is 9.11 Å². The van der Waals surface area contributed by atoms with Crippen LogP contribution < -0.4 is 0 Å². The Kier molecular flexibility index (Phi) is 19.8. The van der Waals surface area contributed by atoms with Crippen molar-refractivity contribution < 1.29 is 22.6 Å². The first kappa shape index (κ1) is 19.1. The van der Waals surface area contributed by atoms with Crippen LogP contribution in [0, 0.1) is 0 Å². The Morgan fingerprint density at radius 2 is 1.50 bits per heavy atom. The summed E-state index contributed by atoms with van der Waals surface area (Å²) in [6, 6.07) is 0. The van der Waals surface area contributed by atoms with E-state index in [0.29, 0.717) is 6.61 Å². The van der Waals surface area contributed by atoms with E-state index < -0.39 is 10.4 Å². The predicted molar refractivity (Wildman–Crippen MR) is 47.9 cm³/mol. The zero-order valence-electron chi connectivity index (χ0n) is 6.39. The molecule has 12 heavy (non-hydrogen) atoms. The minimum atomic E-state index is -4.67. The third-order valence-electron chi connectivity index (χ3n) is 0.762. The van der Waals surface area contributed by atoms with Crippen molar-refractivity contribution in [2.24, 2.45) is 0 Å². The number of aliphatic hydroxyl groups excluding tert-OH is 1. The predicted octanol–water partition coefficient (Wildman–Crippen LogP) is -0.132. The number of hydrogen-bond donors (Lipinski definition) is 3. The molecule has 0 aromatic heterocycles. The zero-order valence-corrected chi connectivity index (χ0v) is 7.21. The van der Waals surface area contributed by atoms with E-state index in [-0.39, 0.29) is 51.4 Å². The molecule has 0 amide bonds. The Hall–Kier alpha value is 1.47. The molecule has 0 atom stereocenters. The molecule has 0 unspecified atom stereocenters. The maximum atomic E-state index is 8.74. The second-order valence-corrected chi connectivity index (χ2v) is 2.77. The number of hydrogen-bond acceptors (Lipinski definition) is 3. The first-order valence-corrected chi connectivity index (χ1v) is 4.62. The van der Waals surface area contributed by atoms with Crippen molar-refractivity contribution in [3.05, 3.63) is 0 Å². The fourth-order valence-electron chi connectivity index (χ4n) is 0.362. The molecule has 0 radical (unpaired) electrons. The van der Waals surface area contributed by atoms with Gasteiger partial charge in [0.05, 0.1) is 0 Å². The van der Waals surface area contributed by atoms with Crippen LogP contribution in [0.2, 0.25) is 0 Å². The van der Waals surface area contributed by atoms with Crippen LogP contribution in [0.25, 0.3) is 0 Å². The Morgan fingerprint density at radius 1 is 1.17 bits per heavy atom. The molecule has 5 nitrogen and oxygen atoms in total. The molecule has 72 valence electrons. The van der Waals surface area contributed by atoms with Crippen LogP contribution in [0.5, 0.6) is 0 Å². The van der Waals surface area contributed by atoms with E-state index in [4.69, 9.17) is 22.6 Å². The number of rotatable bonds is 3. The van der Waals surface area contributed by atoms with Gasteiger partial charge in [-0.15, -0.1) is 0 Å². The molecule has 3 N–H and O–H groups in total. The van der Waals surface area contributed by atoms with Crippen molar-refractivity contribution >= 4 is 61.8 Å².